The third-order valence-electron chi connectivity index (χ3n) is 3.69. The minimum absolute atomic E-state index is 0.155. The fourth-order valence-corrected chi connectivity index (χ4v) is 2.24. The minimum Gasteiger partial charge on any atom is -0.451 e. The van der Waals surface area contributed by atoms with Gasteiger partial charge < -0.3 is 15.4 Å². The number of ether oxygens (including phenoxy) is 1. The second-order valence-electron chi connectivity index (χ2n) is 5.92. The largest absolute Gasteiger partial charge is 0.451 e. The van der Waals surface area contributed by atoms with Crippen LogP contribution in [0.25, 0.3) is 0 Å². The lowest BCUT2D eigenvalue weighted by Crippen LogP contribution is -2.38. The molecule has 6 nitrogen and oxygen atoms in total. The first-order valence-electron chi connectivity index (χ1n) is 8.46. The summed E-state index contributed by atoms with van der Waals surface area (Å²) in [5.41, 5.74) is 1.55. The zero-order chi connectivity index (χ0) is 19.6. The summed E-state index contributed by atoms with van der Waals surface area (Å²) < 4.78 is 17.8. The van der Waals surface area contributed by atoms with E-state index >= 15 is 0 Å². The topological polar surface area (TPSA) is 84.5 Å². The van der Waals surface area contributed by atoms with Crippen molar-refractivity contribution in [3.63, 3.8) is 0 Å². The maximum Gasteiger partial charge on any atom is 0.326 e. The third kappa shape index (κ3) is 7.27. The number of benzene rings is 2. The summed E-state index contributed by atoms with van der Waals surface area (Å²) in [5.74, 6) is -1.86. The Balaban J connectivity index is 1.68. The van der Waals surface area contributed by atoms with Crippen molar-refractivity contribution in [2.75, 3.05) is 6.54 Å². The Morgan fingerprint density at radius 2 is 1.63 bits per heavy atom. The number of carbonyl (C=O) groups excluding carboxylic acids is 3. The Bertz CT molecular complexity index is 778. The quantitative estimate of drug-likeness (QED) is 0.691. The molecule has 0 bridgehead atoms. The van der Waals surface area contributed by atoms with Crippen LogP contribution in [-0.2, 0) is 32.1 Å². The molecule has 0 saturated carbocycles. The Kier molecular flexibility index (Phi) is 7.49. The molecule has 2 aromatic rings. The minimum atomic E-state index is -1.01. The number of esters is 1. The van der Waals surface area contributed by atoms with E-state index in [0.717, 1.165) is 11.1 Å². The van der Waals surface area contributed by atoms with Gasteiger partial charge >= 0.3 is 5.97 Å². The molecule has 2 aromatic carbocycles. The first-order chi connectivity index (χ1) is 12.9. The van der Waals surface area contributed by atoms with Crippen LogP contribution in [0.2, 0.25) is 0 Å². The lowest BCUT2D eigenvalue weighted by atomic mass is 10.1. The van der Waals surface area contributed by atoms with Crippen molar-refractivity contribution >= 4 is 17.8 Å². The van der Waals surface area contributed by atoms with Crippen LogP contribution in [0.1, 0.15) is 18.1 Å². The van der Waals surface area contributed by atoms with Gasteiger partial charge in [-0.1, -0.05) is 42.5 Å². The van der Waals surface area contributed by atoms with Gasteiger partial charge in [0.2, 0.25) is 5.91 Å². The second-order valence-corrected chi connectivity index (χ2v) is 5.92. The predicted octanol–water partition coefficient (Wildman–Crippen LogP) is 1.73. The molecule has 2 N–H and O–H groups in total. The van der Waals surface area contributed by atoms with Gasteiger partial charge in [0.25, 0.3) is 5.91 Å². The average Bonchev–Trinajstić information content (AvgIpc) is 2.66. The van der Waals surface area contributed by atoms with Crippen LogP contribution in [0.15, 0.2) is 54.6 Å². The van der Waals surface area contributed by atoms with E-state index in [2.05, 4.69) is 10.6 Å². The average molecular weight is 372 g/mol. The van der Waals surface area contributed by atoms with E-state index in [1.54, 1.807) is 12.1 Å². The number of rotatable bonds is 8. The van der Waals surface area contributed by atoms with Crippen molar-refractivity contribution in [1.82, 2.24) is 10.6 Å². The number of hydrogen-bond acceptors (Lipinski definition) is 4. The van der Waals surface area contributed by atoms with E-state index < -0.39 is 18.0 Å². The van der Waals surface area contributed by atoms with Crippen molar-refractivity contribution in [3.8, 4) is 0 Å². The van der Waals surface area contributed by atoms with Gasteiger partial charge in [-0.15, -0.1) is 0 Å². The number of amides is 2. The third-order valence-corrected chi connectivity index (χ3v) is 3.69. The van der Waals surface area contributed by atoms with Crippen molar-refractivity contribution < 1.29 is 23.5 Å². The summed E-state index contributed by atoms with van der Waals surface area (Å²) in [6.45, 7) is 1.31. The standard InChI is InChI=1S/C20H21FN2O4/c1-14(20(26)23-12-16-7-9-17(21)10-8-16)27-19(25)13-22-18(24)11-15-5-3-2-4-6-15/h2-10,14H,11-13H2,1H3,(H,22,24)(H,23,26)/t14-/m0/s1. The summed E-state index contributed by atoms with van der Waals surface area (Å²) in [6, 6.07) is 14.8. The molecule has 0 unspecified atom stereocenters. The zero-order valence-electron chi connectivity index (χ0n) is 14.9. The maximum atomic E-state index is 12.8. The fourth-order valence-electron chi connectivity index (χ4n) is 2.24. The molecule has 0 radical (unpaired) electrons. The molecule has 7 heteroatoms. The van der Waals surface area contributed by atoms with Crippen molar-refractivity contribution in [2.45, 2.75) is 26.0 Å². The Morgan fingerprint density at radius 1 is 0.963 bits per heavy atom. The molecule has 142 valence electrons. The summed E-state index contributed by atoms with van der Waals surface area (Å²) in [5, 5.41) is 5.05. The summed E-state index contributed by atoms with van der Waals surface area (Å²) in [7, 11) is 0. The highest BCUT2D eigenvalue weighted by atomic mass is 19.1. The highest BCUT2D eigenvalue weighted by Crippen LogP contribution is 2.03. The lowest BCUT2D eigenvalue weighted by molar-refractivity contribution is -0.154. The SMILES string of the molecule is C[C@H](OC(=O)CNC(=O)Cc1ccccc1)C(=O)NCc1ccc(F)cc1. The molecule has 0 aliphatic rings. The first-order valence-corrected chi connectivity index (χ1v) is 8.46. The molecular weight excluding hydrogens is 351 g/mol. The smallest absolute Gasteiger partial charge is 0.326 e. The monoisotopic (exact) mass is 372 g/mol. The van der Waals surface area contributed by atoms with Gasteiger partial charge in [0.1, 0.15) is 12.4 Å². The molecule has 0 aliphatic carbocycles. The van der Waals surface area contributed by atoms with Gasteiger partial charge in [-0.3, -0.25) is 14.4 Å². The highest BCUT2D eigenvalue weighted by molar-refractivity contribution is 5.86. The van der Waals surface area contributed by atoms with E-state index in [-0.39, 0.29) is 31.2 Å². The van der Waals surface area contributed by atoms with Crippen LogP contribution in [-0.4, -0.2) is 30.4 Å². The molecule has 0 aliphatic heterocycles. The van der Waals surface area contributed by atoms with Gasteiger partial charge in [0.15, 0.2) is 6.10 Å². The summed E-state index contributed by atoms with van der Waals surface area (Å²) in [4.78, 5) is 35.5. The second kappa shape index (κ2) is 10.1. The number of carbonyl (C=O) groups is 3. The van der Waals surface area contributed by atoms with Crippen molar-refractivity contribution in [2.24, 2.45) is 0 Å². The first kappa shape index (κ1) is 20.1. The molecule has 0 aromatic heterocycles. The van der Waals surface area contributed by atoms with Gasteiger partial charge in [-0.25, -0.2) is 4.39 Å². The molecule has 1 atom stereocenters. The molecule has 0 heterocycles. The Morgan fingerprint density at radius 3 is 2.30 bits per heavy atom. The van der Waals surface area contributed by atoms with E-state index in [4.69, 9.17) is 4.74 Å². The van der Waals surface area contributed by atoms with Crippen LogP contribution in [0.5, 0.6) is 0 Å². The van der Waals surface area contributed by atoms with E-state index in [1.165, 1.54) is 19.1 Å². The van der Waals surface area contributed by atoms with Crippen molar-refractivity contribution in [1.29, 1.82) is 0 Å². The van der Waals surface area contributed by atoms with Gasteiger partial charge in [0, 0.05) is 6.54 Å². The fraction of sp³-hybridized carbons (Fsp3) is 0.250. The molecule has 0 saturated heterocycles. The molecule has 0 spiro atoms. The van der Waals surface area contributed by atoms with Gasteiger partial charge in [-0.2, -0.15) is 0 Å². The van der Waals surface area contributed by atoms with Gasteiger partial charge in [0.05, 0.1) is 6.42 Å². The van der Waals surface area contributed by atoms with Gasteiger partial charge in [-0.05, 0) is 30.2 Å². The molecule has 27 heavy (non-hydrogen) atoms. The molecule has 0 fully saturated rings. The zero-order valence-corrected chi connectivity index (χ0v) is 14.9. The highest BCUT2D eigenvalue weighted by Gasteiger charge is 2.18. The van der Waals surface area contributed by atoms with Crippen LogP contribution in [0.3, 0.4) is 0 Å². The molecule has 2 rings (SSSR count). The Hall–Kier alpha value is -3.22. The number of hydrogen-bond donors (Lipinski definition) is 2. The maximum absolute atomic E-state index is 12.8. The Labute approximate surface area is 156 Å². The van der Waals surface area contributed by atoms with Crippen LogP contribution in [0.4, 0.5) is 4.39 Å². The summed E-state index contributed by atoms with van der Waals surface area (Å²) in [6.07, 6.45) is -0.856. The van der Waals surface area contributed by atoms with Crippen LogP contribution >= 0.6 is 0 Å². The number of halogens is 1. The predicted molar refractivity (Wildman–Crippen MR) is 97.0 cm³/mol. The van der Waals surface area contributed by atoms with E-state index in [0.29, 0.717) is 0 Å². The van der Waals surface area contributed by atoms with Crippen LogP contribution < -0.4 is 10.6 Å². The molecule has 2 amide bonds. The van der Waals surface area contributed by atoms with Crippen molar-refractivity contribution in [3.05, 3.63) is 71.5 Å². The number of nitrogens with one attached hydrogen (secondary N) is 2. The van der Waals surface area contributed by atoms with E-state index in [9.17, 15) is 18.8 Å². The van der Waals surface area contributed by atoms with E-state index in [1.807, 2.05) is 30.3 Å². The molecular formula is C20H21FN2O4. The normalized spacial score (nSPS) is 11.3. The lowest BCUT2D eigenvalue weighted by Gasteiger charge is -2.14. The van der Waals surface area contributed by atoms with Crippen LogP contribution in [0, 0.1) is 5.82 Å². The summed E-state index contributed by atoms with van der Waals surface area (Å²) >= 11 is 0.